The molecule has 0 bridgehead atoms. The summed E-state index contributed by atoms with van der Waals surface area (Å²) in [6.07, 6.45) is 0.225. The zero-order valence-electron chi connectivity index (χ0n) is 10.2. The van der Waals surface area contributed by atoms with Crippen molar-refractivity contribution in [3.63, 3.8) is 0 Å². The molecule has 1 amide bonds. The van der Waals surface area contributed by atoms with Crippen LogP contribution in [0.2, 0.25) is 0 Å². The highest BCUT2D eigenvalue weighted by Crippen LogP contribution is 2.17. The first kappa shape index (κ1) is 12.3. The molecule has 5 heteroatoms. The van der Waals surface area contributed by atoms with Crippen molar-refractivity contribution in [2.45, 2.75) is 6.42 Å². The molecule has 0 saturated heterocycles. The third kappa shape index (κ3) is 2.75. The number of carbonyl (C=O) groups is 1. The molecule has 94 valence electrons. The molecule has 0 aliphatic rings. The number of primary amides is 1. The Morgan fingerprint density at radius 2 is 2.11 bits per heavy atom. The average molecular weight is 245 g/mol. The number of hydroxylamine groups is 1. The van der Waals surface area contributed by atoms with Gasteiger partial charge in [-0.05, 0) is 18.2 Å². The predicted molar refractivity (Wildman–Crippen MR) is 69.9 cm³/mol. The van der Waals surface area contributed by atoms with E-state index in [9.17, 15) is 4.79 Å². The molecule has 1 heterocycles. The molecule has 0 aliphatic heterocycles. The number of aromatic nitrogens is 1. The van der Waals surface area contributed by atoms with E-state index in [1.165, 1.54) is 7.11 Å². The Labute approximate surface area is 105 Å². The molecule has 2 aromatic rings. The Morgan fingerprint density at radius 3 is 2.83 bits per heavy atom. The summed E-state index contributed by atoms with van der Waals surface area (Å²) >= 11 is 0. The van der Waals surface area contributed by atoms with Crippen LogP contribution in [0.15, 0.2) is 36.4 Å². The van der Waals surface area contributed by atoms with Crippen molar-refractivity contribution in [1.82, 2.24) is 4.98 Å². The molecule has 0 radical (unpaired) electrons. The fourth-order valence-corrected chi connectivity index (χ4v) is 1.71. The number of amides is 1. The van der Waals surface area contributed by atoms with Gasteiger partial charge in [-0.25, -0.2) is 10.0 Å². The second kappa shape index (κ2) is 5.46. The lowest BCUT2D eigenvalue weighted by Crippen LogP contribution is -2.27. The van der Waals surface area contributed by atoms with Gasteiger partial charge in [0.2, 0.25) is 5.91 Å². The molecule has 2 N–H and O–H groups in total. The first-order valence-electron chi connectivity index (χ1n) is 5.66. The fourth-order valence-electron chi connectivity index (χ4n) is 1.71. The van der Waals surface area contributed by atoms with Gasteiger partial charge in [-0.1, -0.05) is 18.2 Å². The Morgan fingerprint density at radius 1 is 1.33 bits per heavy atom. The summed E-state index contributed by atoms with van der Waals surface area (Å²) in [6.45, 7) is 0.386. The smallest absolute Gasteiger partial charge is 0.219 e. The number of anilines is 1. The highest BCUT2D eigenvalue weighted by molar-refractivity contribution is 5.80. The van der Waals surface area contributed by atoms with Crippen molar-refractivity contribution < 1.29 is 9.63 Å². The monoisotopic (exact) mass is 245 g/mol. The zero-order valence-corrected chi connectivity index (χ0v) is 10.2. The van der Waals surface area contributed by atoms with Crippen LogP contribution in [0.25, 0.3) is 10.9 Å². The predicted octanol–water partition coefficient (Wildman–Crippen LogP) is 1.48. The van der Waals surface area contributed by atoms with Crippen molar-refractivity contribution in [2.24, 2.45) is 5.73 Å². The maximum Gasteiger partial charge on any atom is 0.219 e. The standard InChI is InChI=1S/C13H15N3O2/c1-18-16(9-8-12(14)17)13-7-6-10-4-2-3-5-11(10)15-13/h2-7H,8-9H2,1H3,(H2,14,17). The van der Waals surface area contributed by atoms with Gasteiger partial charge in [-0.15, -0.1) is 0 Å². The van der Waals surface area contributed by atoms with Crippen LogP contribution in [0, 0.1) is 0 Å². The van der Waals surface area contributed by atoms with Crippen LogP contribution < -0.4 is 10.8 Å². The molecule has 0 saturated carbocycles. The zero-order chi connectivity index (χ0) is 13.0. The van der Waals surface area contributed by atoms with Gasteiger partial charge in [0.25, 0.3) is 0 Å². The normalized spacial score (nSPS) is 10.5. The van der Waals surface area contributed by atoms with Gasteiger partial charge in [0.15, 0.2) is 5.82 Å². The lowest BCUT2D eigenvalue weighted by Gasteiger charge is -2.20. The molecule has 1 aromatic heterocycles. The molecule has 0 unspecified atom stereocenters. The number of rotatable bonds is 5. The molecule has 1 aromatic carbocycles. The fraction of sp³-hybridized carbons (Fsp3) is 0.231. The summed E-state index contributed by atoms with van der Waals surface area (Å²) in [5.41, 5.74) is 6.01. The molecule has 0 aliphatic carbocycles. The van der Waals surface area contributed by atoms with Crippen LogP contribution in [-0.2, 0) is 9.63 Å². The highest BCUT2D eigenvalue weighted by atomic mass is 16.7. The molecule has 2 rings (SSSR count). The summed E-state index contributed by atoms with van der Waals surface area (Å²) in [6, 6.07) is 11.6. The van der Waals surface area contributed by atoms with Gasteiger partial charge in [0, 0.05) is 11.8 Å². The minimum absolute atomic E-state index is 0.225. The topological polar surface area (TPSA) is 68.5 Å². The van der Waals surface area contributed by atoms with Gasteiger partial charge in [-0.3, -0.25) is 9.63 Å². The molecular weight excluding hydrogens is 230 g/mol. The van der Waals surface area contributed by atoms with Crippen LogP contribution in [0.1, 0.15) is 6.42 Å². The second-order valence-corrected chi connectivity index (χ2v) is 3.86. The number of benzene rings is 1. The Balaban J connectivity index is 2.24. The quantitative estimate of drug-likeness (QED) is 0.810. The maximum atomic E-state index is 10.8. The summed E-state index contributed by atoms with van der Waals surface area (Å²) in [5, 5.41) is 2.62. The first-order valence-corrected chi connectivity index (χ1v) is 5.66. The summed E-state index contributed by atoms with van der Waals surface area (Å²) in [5.74, 6) is 0.301. The lowest BCUT2D eigenvalue weighted by atomic mass is 10.2. The van der Waals surface area contributed by atoms with Gasteiger partial charge < -0.3 is 5.73 Å². The number of pyridine rings is 1. The minimum Gasteiger partial charge on any atom is -0.370 e. The number of carbonyl (C=O) groups excluding carboxylic acids is 1. The molecule has 5 nitrogen and oxygen atoms in total. The summed E-state index contributed by atoms with van der Waals surface area (Å²) in [4.78, 5) is 20.5. The maximum absolute atomic E-state index is 10.8. The van der Waals surface area contributed by atoms with E-state index in [2.05, 4.69) is 4.98 Å². The molecule has 0 fully saturated rings. The minimum atomic E-state index is -0.363. The van der Waals surface area contributed by atoms with Crippen molar-refractivity contribution in [3.05, 3.63) is 36.4 Å². The number of para-hydroxylation sites is 1. The van der Waals surface area contributed by atoms with Gasteiger partial charge in [0.05, 0.1) is 19.2 Å². The van der Waals surface area contributed by atoms with E-state index in [1.54, 1.807) is 5.06 Å². The summed E-state index contributed by atoms with van der Waals surface area (Å²) < 4.78 is 0. The SMILES string of the molecule is CON(CCC(N)=O)c1ccc2ccccc2n1. The number of nitrogens with two attached hydrogens (primary N) is 1. The van der Waals surface area contributed by atoms with E-state index in [0.29, 0.717) is 12.4 Å². The van der Waals surface area contributed by atoms with Gasteiger partial charge in [0.1, 0.15) is 0 Å². The Bertz CT molecular complexity index is 557. The van der Waals surface area contributed by atoms with Crippen LogP contribution in [0.5, 0.6) is 0 Å². The van der Waals surface area contributed by atoms with E-state index in [-0.39, 0.29) is 12.3 Å². The molecule has 0 atom stereocenters. The molecular formula is C13H15N3O2. The largest absolute Gasteiger partial charge is 0.370 e. The first-order chi connectivity index (χ1) is 8.70. The van der Waals surface area contributed by atoms with Crippen LogP contribution in [0.4, 0.5) is 5.82 Å². The lowest BCUT2D eigenvalue weighted by molar-refractivity contribution is -0.118. The summed E-state index contributed by atoms with van der Waals surface area (Å²) in [7, 11) is 1.54. The van der Waals surface area contributed by atoms with Gasteiger partial charge in [-0.2, -0.15) is 0 Å². The van der Waals surface area contributed by atoms with Crippen molar-refractivity contribution in [1.29, 1.82) is 0 Å². The number of fused-ring (bicyclic) bond motifs is 1. The molecule has 0 spiro atoms. The van der Waals surface area contributed by atoms with E-state index >= 15 is 0 Å². The highest BCUT2D eigenvalue weighted by Gasteiger charge is 2.09. The molecule has 18 heavy (non-hydrogen) atoms. The van der Waals surface area contributed by atoms with E-state index in [1.807, 2.05) is 36.4 Å². The van der Waals surface area contributed by atoms with E-state index in [4.69, 9.17) is 10.6 Å². The van der Waals surface area contributed by atoms with E-state index < -0.39 is 0 Å². The third-order valence-corrected chi connectivity index (χ3v) is 2.62. The third-order valence-electron chi connectivity index (χ3n) is 2.62. The second-order valence-electron chi connectivity index (χ2n) is 3.86. The Kier molecular flexibility index (Phi) is 3.74. The van der Waals surface area contributed by atoms with Crippen molar-refractivity contribution in [2.75, 3.05) is 18.7 Å². The van der Waals surface area contributed by atoms with Crippen LogP contribution in [-0.4, -0.2) is 24.5 Å². The van der Waals surface area contributed by atoms with E-state index in [0.717, 1.165) is 10.9 Å². The average Bonchev–Trinajstić information content (AvgIpc) is 2.39. The Hall–Kier alpha value is -2.14. The van der Waals surface area contributed by atoms with Crippen molar-refractivity contribution in [3.8, 4) is 0 Å². The number of nitrogens with zero attached hydrogens (tertiary/aromatic N) is 2. The number of hydrogen-bond acceptors (Lipinski definition) is 4. The van der Waals surface area contributed by atoms with Crippen molar-refractivity contribution >= 4 is 22.6 Å². The van der Waals surface area contributed by atoms with Crippen LogP contribution in [0.3, 0.4) is 0 Å². The van der Waals surface area contributed by atoms with Crippen LogP contribution >= 0.6 is 0 Å². The van der Waals surface area contributed by atoms with Gasteiger partial charge >= 0.3 is 0 Å². The number of hydrogen-bond donors (Lipinski definition) is 1.